The largest absolute Gasteiger partial charge is 0.310 e. The summed E-state index contributed by atoms with van der Waals surface area (Å²) in [7, 11) is -1.54. The third-order valence-corrected chi connectivity index (χ3v) is 16.2. The van der Waals surface area contributed by atoms with Crippen molar-refractivity contribution in [2.24, 2.45) is 0 Å². The average Bonchev–Trinajstić information content (AvgIpc) is 3.90. The molecule has 304 valence electrons. The topological polar surface area (TPSA) is 8.17 Å². The molecule has 2 aliphatic carbocycles. The summed E-state index contributed by atoms with van der Waals surface area (Å²) >= 11 is 0. The zero-order valence-electron chi connectivity index (χ0n) is 36.9. The van der Waals surface area contributed by atoms with Gasteiger partial charge in [-0.15, -0.1) is 0 Å². The van der Waals surface area contributed by atoms with Crippen molar-refractivity contribution in [3.63, 3.8) is 0 Å². The minimum Gasteiger partial charge on any atom is -0.310 e. The van der Waals surface area contributed by atoms with Crippen LogP contribution in [0.1, 0.15) is 48.6 Å². The van der Waals surface area contributed by atoms with Crippen molar-refractivity contribution >= 4 is 62.9 Å². The van der Waals surface area contributed by atoms with E-state index in [1.807, 2.05) is 0 Å². The van der Waals surface area contributed by atoms with E-state index in [9.17, 15) is 0 Å². The van der Waals surface area contributed by atoms with Gasteiger partial charge in [-0.05, 0) is 115 Å². The van der Waals surface area contributed by atoms with E-state index in [1.54, 1.807) is 0 Å². The summed E-state index contributed by atoms with van der Waals surface area (Å²) in [5, 5.41) is 6.50. The number of hydrogen-bond acceptors (Lipinski definition) is 1. The van der Waals surface area contributed by atoms with Crippen LogP contribution in [-0.2, 0) is 10.8 Å². The molecule has 0 amide bonds. The quantitative estimate of drug-likeness (QED) is 0.157. The molecule has 1 heterocycles. The van der Waals surface area contributed by atoms with Gasteiger partial charge in [-0.1, -0.05) is 185 Å². The van der Waals surface area contributed by atoms with E-state index in [4.69, 9.17) is 0 Å². The lowest BCUT2D eigenvalue weighted by atomic mass is 9.70. The molecule has 9 aromatic carbocycles. The molecular weight excluding hydrogens is 777 g/mol. The molecule has 0 saturated carbocycles. The third kappa shape index (κ3) is 5.42. The van der Waals surface area contributed by atoms with E-state index in [0.717, 1.165) is 11.4 Å². The van der Waals surface area contributed by atoms with Crippen LogP contribution in [0, 0.1) is 0 Å². The van der Waals surface area contributed by atoms with Gasteiger partial charge in [0.25, 0.3) is 0 Å². The Kier molecular flexibility index (Phi) is 8.11. The maximum Gasteiger partial charge on any atom is 0.0775 e. The Labute approximate surface area is 371 Å². The minimum atomic E-state index is -1.54. The normalized spacial score (nSPS) is 13.7. The van der Waals surface area contributed by atoms with Gasteiger partial charge in [0, 0.05) is 33.2 Å². The molecule has 0 unspecified atom stereocenters. The standard InChI is InChI=1S/C60H50N2Si/c1-59(2,3)39-27-29-40(30-28-39)61(41-31-34-43(35-32-41)63(4,5)6)57-38-54-58(49-22-8-7-21-48(49)57)50-36-33-42(62-55-25-15-11-19-46(55)47-20-12-16-26-56(47)62)37-53(50)60(54)51-23-13-9-17-44(51)45-18-10-14-24-52(45)60/h7-38H,1-6H3. The Morgan fingerprint density at radius 1 is 0.444 bits per heavy atom. The van der Waals surface area contributed by atoms with Crippen molar-refractivity contribution < 1.29 is 0 Å². The van der Waals surface area contributed by atoms with Gasteiger partial charge < -0.3 is 9.47 Å². The van der Waals surface area contributed by atoms with Crippen LogP contribution in [0.15, 0.2) is 194 Å². The average molecular weight is 827 g/mol. The van der Waals surface area contributed by atoms with Crippen molar-refractivity contribution in [1.29, 1.82) is 0 Å². The maximum absolute atomic E-state index is 2.57. The Morgan fingerprint density at radius 3 is 1.52 bits per heavy atom. The SMILES string of the molecule is CC(C)(C)c1ccc(N(c2ccc([Si](C)(C)C)cc2)c2cc3c(c4ccccc24)-c2ccc(-n4c5ccccc5c5ccccc54)cc2C32c3ccccc3-c3ccccc32)cc1. The zero-order chi connectivity index (χ0) is 42.8. The lowest BCUT2D eigenvalue weighted by molar-refractivity contribution is 0.590. The van der Waals surface area contributed by atoms with Crippen molar-refractivity contribution in [2.45, 2.75) is 51.2 Å². The Bertz CT molecular complexity index is 3310. The molecule has 0 saturated heterocycles. The molecule has 12 rings (SSSR count). The highest BCUT2D eigenvalue weighted by atomic mass is 28.3. The highest BCUT2D eigenvalue weighted by Gasteiger charge is 2.52. The van der Waals surface area contributed by atoms with Crippen LogP contribution >= 0.6 is 0 Å². The van der Waals surface area contributed by atoms with E-state index in [-0.39, 0.29) is 5.41 Å². The molecule has 0 aliphatic heterocycles. The van der Waals surface area contributed by atoms with Crippen molar-refractivity contribution in [1.82, 2.24) is 4.57 Å². The van der Waals surface area contributed by atoms with Crippen LogP contribution in [0.4, 0.5) is 17.1 Å². The first-order chi connectivity index (χ1) is 30.5. The Morgan fingerprint density at radius 2 is 0.952 bits per heavy atom. The molecule has 0 atom stereocenters. The van der Waals surface area contributed by atoms with Gasteiger partial charge in [0.1, 0.15) is 0 Å². The highest BCUT2D eigenvalue weighted by Crippen LogP contribution is 2.65. The van der Waals surface area contributed by atoms with Gasteiger partial charge in [-0.25, -0.2) is 0 Å². The molecule has 10 aromatic rings. The third-order valence-electron chi connectivity index (χ3n) is 14.1. The van der Waals surface area contributed by atoms with E-state index in [1.165, 1.54) is 99.2 Å². The molecule has 1 spiro atoms. The number of benzene rings is 9. The molecule has 3 heteroatoms. The van der Waals surface area contributed by atoms with Gasteiger partial charge in [0.2, 0.25) is 0 Å². The number of aromatic nitrogens is 1. The highest BCUT2D eigenvalue weighted by molar-refractivity contribution is 6.88. The van der Waals surface area contributed by atoms with Crippen LogP contribution in [0.3, 0.4) is 0 Å². The molecule has 2 aliphatic rings. The van der Waals surface area contributed by atoms with Crippen LogP contribution in [0.25, 0.3) is 60.5 Å². The summed E-state index contributed by atoms with van der Waals surface area (Å²) in [6.45, 7) is 14.2. The zero-order valence-corrected chi connectivity index (χ0v) is 37.9. The lowest BCUT2D eigenvalue weighted by Crippen LogP contribution is -2.37. The predicted molar refractivity (Wildman–Crippen MR) is 271 cm³/mol. The number of rotatable bonds is 5. The molecule has 0 fully saturated rings. The fraction of sp³-hybridized carbons (Fsp3) is 0.133. The molecule has 0 N–H and O–H groups in total. The van der Waals surface area contributed by atoms with Gasteiger partial charge in [-0.2, -0.15) is 0 Å². The summed E-state index contributed by atoms with van der Waals surface area (Å²) in [4.78, 5) is 2.52. The van der Waals surface area contributed by atoms with Gasteiger partial charge in [0.05, 0.1) is 30.2 Å². The summed E-state index contributed by atoms with van der Waals surface area (Å²) in [5.74, 6) is 0. The molecule has 63 heavy (non-hydrogen) atoms. The monoisotopic (exact) mass is 826 g/mol. The summed E-state index contributed by atoms with van der Waals surface area (Å²) < 4.78 is 2.48. The van der Waals surface area contributed by atoms with Crippen LogP contribution in [-0.4, -0.2) is 12.6 Å². The molecule has 0 bridgehead atoms. The van der Waals surface area contributed by atoms with Crippen molar-refractivity contribution in [2.75, 3.05) is 4.90 Å². The first-order valence-electron chi connectivity index (χ1n) is 22.4. The van der Waals surface area contributed by atoms with Crippen molar-refractivity contribution in [3.05, 3.63) is 222 Å². The second-order valence-electron chi connectivity index (χ2n) is 19.7. The van der Waals surface area contributed by atoms with E-state index in [0.29, 0.717) is 0 Å². The molecular formula is C60H50N2Si. The molecule has 0 radical (unpaired) electrons. The first kappa shape index (κ1) is 37.8. The van der Waals surface area contributed by atoms with Crippen LogP contribution in [0.2, 0.25) is 19.6 Å². The first-order valence-corrected chi connectivity index (χ1v) is 25.9. The number of para-hydroxylation sites is 2. The smallest absolute Gasteiger partial charge is 0.0775 e. The fourth-order valence-corrected chi connectivity index (χ4v) is 12.3. The Hall–Kier alpha value is -6.94. The summed E-state index contributed by atoms with van der Waals surface area (Å²) in [6, 6.07) is 73.9. The van der Waals surface area contributed by atoms with E-state index >= 15 is 0 Å². The summed E-state index contributed by atoms with van der Waals surface area (Å²) in [5.41, 5.74) is 18.5. The second-order valence-corrected chi connectivity index (χ2v) is 24.8. The Balaban J connectivity index is 1.19. The lowest BCUT2D eigenvalue weighted by Gasteiger charge is -2.33. The van der Waals surface area contributed by atoms with Gasteiger partial charge in [-0.3, -0.25) is 0 Å². The predicted octanol–water partition coefficient (Wildman–Crippen LogP) is 15.6. The minimum absolute atomic E-state index is 0.0438. The van der Waals surface area contributed by atoms with Crippen LogP contribution in [0.5, 0.6) is 0 Å². The van der Waals surface area contributed by atoms with Gasteiger partial charge >= 0.3 is 0 Å². The fourth-order valence-electron chi connectivity index (χ4n) is 11.1. The number of hydrogen-bond donors (Lipinski definition) is 0. The maximum atomic E-state index is 2.57. The van der Waals surface area contributed by atoms with Gasteiger partial charge in [0.15, 0.2) is 0 Å². The number of anilines is 3. The van der Waals surface area contributed by atoms with Crippen molar-refractivity contribution in [3.8, 4) is 27.9 Å². The van der Waals surface area contributed by atoms with E-state index < -0.39 is 13.5 Å². The summed E-state index contributed by atoms with van der Waals surface area (Å²) in [6.07, 6.45) is 0. The second kappa shape index (κ2) is 13.5. The number of fused-ring (bicyclic) bond motifs is 15. The van der Waals surface area contributed by atoms with Crippen LogP contribution < -0.4 is 10.1 Å². The molecule has 2 nitrogen and oxygen atoms in total. The molecule has 1 aromatic heterocycles. The number of nitrogens with zero attached hydrogens (tertiary/aromatic N) is 2. The van der Waals surface area contributed by atoms with E-state index in [2.05, 4.69) is 244 Å².